The van der Waals surface area contributed by atoms with Crippen LogP contribution in [0.5, 0.6) is 11.5 Å². The molecule has 0 atom stereocenters. The highest BCUT2D eigenvalue weighted by Crippen LogP contribution is 2.24. The summed E-state index contributed by atoms with van der Waals surface area (Å²) in [4.78, 5) is 13.5. The fraction of sp³-hybridized carbons (Fsp3) is 0.167. The minimum atomic E-state index is 0.211. The first kappa shape index (κ1) is 23.9. The zero-order chi connectivity index (χ0) is 24.3. The lowest BCUT2D eigenvalue weighted by Crippen LogP contribution is -2.23. The Morgan fingerprint density at radius 3 is 1.60 bits per heavy atom. The van der Waals surface area contributed by atoms with Gasteiger partial charge in [-0.15, -0.1) is 0 Å². The van der Waals surface area contributed by atoms with Gasteiger partial charge in [0.25, 0.3) is 0 Å². The SMILES string of the molecule is Nc1ccc(OCc2ccccc2)cc1.O=C1CCCN1c1ccc(OCc2ccccc2)cc1. The van der Waals surface area contributed by atoms with E-state index in [1.54, 1.807) is 0 Å². The van der Waals surface area contributed by atoms with Crippen molar-refractivity contribution in [3.63, 3.8) is 0 Å². The maximum absolute atomic E-state index is 11.7. The molecule has 0 radical (unpaired) electrons. The van der Waals surface area contributed by atoms with Crippen LogP contribution in [0.25, 0.3) is 0 Å². The van der Waals surface area contributed by atoms with E-state index in [1.807, 2.05) is 114 Å². The third-order valence-corrected chi connectivity index (χ3v) is 5.60. The van der Waals surface area contributed by atoms with Gasteiger partial charge in [0, 0.05) is 24.3 Å². The van der Waals surface area contributed by atoms with Crippen molar-refractivity contribution in [2.45, 2.75) is 26.1 Å². The molecule has 1 aliphatic heterocycles. The molecule has 1 fully saturated rings. The molecule has 0 spiro atoms. The molecule has 4 aromatic carbocycles. The Kier molecular flexibility index (Phi) is 8.38. The fourth-order valence-corrected chi connectivity index (χ4v) is 3.69. The van der Waals surface area contributed by atoms with Crippen molar-refractivity contribution in [3.8, 4) is 11.5 Å². The molecular formula is C30H30N2O3. The van der Waals surface area contributed by atoms with Crippen LogP contribution in [0.2, 0.25) is 0 Å². The van der Waals surface area contributed by atoms with Gasteiger partial charge >= 0.3 is 0 Å². The number of rotatable bonds is 7. The molecule has 0 bridgehead atoms. The third kappa shape index (κ3) is 7.37. The molecule has 0 unspecified atom stereocenters. The predicted molar refractivity (Wildman–Crippen MR) is 140 cm³/mol. The van der Waals surface area contributed by atoms with Crippen LogP contribution < -0.4 is 20.1 Å². The van der Waals surface area contributed by atoms with Gasteiger partial charge in [0.2, 0.25) is 5.91 Å². The standard InChI is InChI=1S/C17H17NO2.C13H13NO/c19-17-7-4-12-18(17)15-8-10-16(11-9-15)20-13-14-5-2-1-3-6-14;14-12-6-8-13(9-7-12)15-10-11-4-2-1-3-5-11/h1-3,5-6,8-11H,4,7,12-13H2;1-9H,10,14H2. The van der Waals surface area contributed by atoms with Crippen LogP contribution in [0.1, 0.15) is 24.0 Å². The predicted octanol–water partition coefficient (Wildman–Crippen LogP) is 6.24. The number of ether oxygens (including phenoxy) is 2. The van der Waals surface area contributed by atoms with Crippen molar-refractivity contribution in [3.05, 3.63) is 120 Å². The monoisotopic (exact) mass is 466 g/mol. The summed E-state index contributed by atoms with van der Waals surface area (Å²) in [6, 6.07) is 35.3. The highest BCUT2D eigenvalue weighted by molar-refractivity contribution is 5.95. The number of nitrogen functional groups attached to an aromatic ring is 1. The van der Waals surface area contributed by atoms with Crippen molar-refractivity contribution < 1.29 is 14.3 Å². The highest BCUT2D eigenvalue weighted by atomic mass is 16.5. The Bertz CT molecular complexity index is 1180. The smallest absolute Gasteiger partial charge is 0.227 e. The third-order valence-electron chi connectivity index (χ3n) is 5.60. The Hall–Kier alpha value is -4.25. The van der Waals surface area contributed by atoms with Crippen molar-refractivity contribution in [2.75, 3.05) is 17.2 Å². The summed E-state index contributed by atoms with van der Waals surface area (Å²) < 4.78 is 11.3. The fourth-order valence-electron chi connectivity index (χ4n) is 3.69. The summed E-state index contributed by atoms with van der Waals surface area (Å²) in [6.45, 7) is 1.97. The zero-order valence-electron chi connectivity index (χ0n) is 19.7. The summed E-state index contributed by atoms with van der Waals surface area (Å²) in [5.74, 6) is 1.88. The molecule has 1 aliphatic rings. The minimum Gasteiger partial charge on any atom is -0.489 e. The zero-order valence-corrected chi connectivity index (χ0v) is 19.7. The number of nitrogens with two attached hydrogens (primary N) is 1. The summed E-state index contributed by atoms with van der Waals surface area (Å²) in [5.41, 5.74) is 9.59. The maximum Gasteiger partial charge on any atom is 0.227 e. The van der Waals surface area contributed by atoms with Gasteiger partial charge in [-0.1, -0.05) is 60.7 Å². The molecule has 1 saturated heterocycles. The van der Waals surface area contributed by atoms with E-state index in [9.17, 15) is 4.79 Å². The minimum absolute atomic E-state index is 0.211. The van der Waals surface area contributed by atoms with Crippen molar-refractivity contribution >= 4 is 17.3 Å². The van der Waals surface area contributed by atoms with Gasteiger partial charge in [0.1, 0.15) is 24.7 Å². The molecular weight excluding hydrogens is 436 g/mol. The number of benzene rings is 4. The number of hydrogen-bond donors (Lipinski definition) is 1. The van der Waals surface area contributed by atoms with E-state index in [-0.39, 0.29) is 5.91 Å². The second-order valence-electron chi connectivity index (χ2n) is 8.26. The van der Waals surface area contributed by atoms with Crippen LogP contribution in [-0.2, 0) is 18.0 Å². The van der Waals surface area contributed by atoms with E-state index in [4.69, 9.17) is 15.2 Å². The quantitative estimate of drug-likeness (QED) is 0.328. The molecule has 4 aromatic rings. The lowest BCUT2D eigenvalue weighted by Gasteiger charge is -2.16. The van der Waals surface area contributed by atoms with E-state index in [0.717, 1.165) is 47.0 Å². The summed E-state index contributed by atoms with van der Waals surface area (Å²) in [5, 5.41) is 0. The van der Waals surface area contributed by atoms with Gasteiger partial charge in [0.05, 0.1) is 0 Å². The van der Waals surface area contributed by atoms with E-state index in [0.29, 0.717) is 19.6 Å². The highest BCUT2D eigenvalue weighted by Gasteiger charge is 2.21. The molecule has 1 heterocycles. The number of carbonyl (C=O) groups is 1. The first-order chi connectivity index (χ1) is 17.2. The van der Waals surface area contributed by atoms with E-state index in [1.165, 1.54) is 0 Å². The Labute approximate surface area is 206 Å². The van der Waals surface area contributed by atoms with Gasteiger partial charge in [-0.05, 0) is 66.1 Å². The molecule has 0 saturated carbocycles. The largest absolute Gasteiger partial charge is 0.489 e. The Balaban J connectivity index is 0.000000172. The van der Waals surface area contributed by atoms with Crippen molar-refractivity contribution in [2.24, 2.45) is 0 Å². The van der Waals surface area contributed by atoms with E-state index >= 15 is 0 Å². The Morgan fingerprint density at radius 2 is 1.14 bits per heavy atom. The molecule has 2 N–H and O–H groups in total. The van der Waals surface area contributed by atoms with Crippen LogP contribution in [0.4, 0.5) is 11.4 Å². The van der Waals surface area contributed by atoms with Gasteiger partial charge in [-0.25, -0.2) is 0 Å². The summed E-state index contributed by atoms with van der Waals surface area (Å²) >= 11 is 0. The average molecular weight is 467 g/mol. The molecule has 1 amide bonds. The molecule has 178 valence electrons. The van der Waals surface area contributed by atoms with Gasteiger partial charge in [-0.2, -0.15) is 0 Å². The molecule has 0 aliphatic carbocycles. The van der Waals surface area contributed by atoms with Gasteiger partial charge in [0.15, 0.2) is 0 Å². The molecule has 5 nitrogen and oxygen atoms in total. The molecule has 5 rings (SSSR count). The first-order valence-electron chi connectivity index (χ1n) is 11.8. The summed E-state index contributed by atoms with van der Waals surface area (Å²) in [7, 11) is 0. The normalized spacial score (nSPS) is 12.6. The number of anilines is 2. The van der Waals surface area contributed by atoms with Crippen LogP contribution in [0.3, 0.4) is 0 Å². The van der Waals surface area contributed by atoms with Crippen LogP contribution in [-0.4, -0.2) is 12.5 Å². The number of carbonyl (C=O) groups excluding carboxylic acids is 1. The average Bonchev–Trinajstić information content (AvgIpc) is 3.35. The van der Waals surface area contributed by atoms with Gasteiger partial charge in [-0.3, -0.25) is 4.79 Å². The first-order valence-corrected chi connectivity index (χ1v) is 11.8. The Morgan fingerprint density at radius 1 is 0.657 bits per heavy atom. The molecule has 5 heteroatoms. The number of nitrogens with zero attached hydrogens (tertiary/aromatic N) is 1. The topological polar surface area (TPSA) is 64.8 Å². The van der Waals surface area contributed by atoms with E-state index < -0.39 is 0 Å². The van der Waals surface area contributed by atoms with Crippen LogP contribution in [0, 0.1) is 0 Å². The van der Waals surface area contributed by atoms with Crippen LogP contribution in [0.15, 0.2) is 109 Å². The maximum atomic E-state index is 11.7. The molecule has 35 heavy (non-hydrogen) atoms. The lowest BCUT2D eigenvalue weighted by atomic mass is 10.2. The number of hydrogen-bond acceptors (Lipinski definition) is 4. The summed E-state index contributed by atoms with van der Waals surface area (Å²) in [6.07, 6.45) is 1.61. The second-order valence-corrected chi connectivity index (χ2v) is 8.26. The van der Waals surface area contributed by atoms with Gasteiger partial charge < -0.3 is 20.1 Å². The van der Waals surface area contributed by atoms with Crippen molar-refractivity contribution in [1.82, 2.24) is 0 Å². The van der Waals surface area contributed by atoms with E-state index in [2.05, 4.69) is 0 Å². The molecule has 0 aromatic heterocycles. The van der Waals surface area contributed by atoms with Crippen LogP contribution >= 0.6 is 0 Å². The lowest BCUT2D eigenvalue weighted by molar-refractivity contribution is -0.117. The second kappa shape index (κ2) is 12.3. The van der Waals surface area contributed by atoms with Crippen molar-refractivity contribution in [1.29, 1.82) is 0 Å². The number of amides is 1.